The molecule has 5 rings (SSSR count). The van der Waals surface area contributed by atoms with Crippen LogP contribution in [0.5, 0.6) is 0 Å². The molecule has 1 amide bonds. The van der Waals surface area contributed by atoms with E-state index in [0.717, 1.165) is 32.4 Å². The van der Waals surface area contributed by atoms with Crippen molar-refractivity contribution >= 4 is 40.6 Å². The summed E-state index contributed by atoms with van der Waals surface area (Å²) in [5.74, 6) is -0.821. The van der Waals surface area contributed by atoms with Gasteiger partial charge >= 0.3 is 6.18 Å². The molecular formula is C23H27ClF3N7O. The quantitative estimate of drug-likeness (QED) is 0.640. The third-order valence-corrected chi connectivity index (χ3v) is 7.54. The molecule has 3 aliphatic rings. The lowest BCUT2D eigenvalue weighted by Crippen LogP contribution is -2.42. The standard InChI is InChI=1S/C23H27ClF3N7O/c24-18-13-30-21(32-19(18)33-8-1-2-15(14-33)23(25,26)27)31-16-10-17(12-29-11-16)34-9-5-22(20(34)35)3-6-28-7-4-22/h10-13,15,28H,1-9,14H2,(H,30,31,32)/t15-/m0/s1. The zero-order valence-electron chi connectivity index (χ0n) is 19.1. The highest BCUT2D eigenvalue weighted by molar-refractivity contribution is 6.32. The van der Waals surface area contributed by atoms with Crippen LogP contribution in [0.25, 0.3) is 0 Å². The molecule has 5 heterocycles. The van der Waals surface area contributed by atoms with E-state index in [9.17, 15) is 18.0 Å². The van der Waals surface area contributed by atoms with Gasteiger partial charge in [0.1, 0.15) is 5.02 Å². The summed E-state index contributed by atoms with van der Waals surface area (Å²) in [6.07, 6.45) is 3.35. The number of hydrogen-bond donors (Lipinski definition) is 2. The Hall–Kier alpha value is -2.66. The number of piperidine rings is 2. The maximum Gasteiger partial charge on any atom is 0.393 e. The predicted octanol–water partition coefficient (Wildman–Crippen LogP) is 4.15. The molecule has 0 bridgehead atoms. The number of carbonyl (C=O) groups is 1. The Labute approximate surface area is 206 Å². The Bertz CT molecular complexity index is 1090. The fraction of sp³-hybridized carbons (Fsp3) is 0.565. The predicted molar refractivity (Wildman–Crippen MR) is 127 cm³/mol. The molecule has 2 N–H and O–H groups in total. The van der Waals surface area contributed by atoms with Gasteiger partial charge in [0.05, 0.1) is 41.3 Å². The first-order chi connectivity index (χ1) is 16.7. The maximum absolute atomic E-state index is 13.3. The van der Waals surface area contributed by atoms with Crippen LogP contribution < -0.4 is 20.4 Å². The van der Waals surface area contributed by atoms with Crippen molar-refractivity contribution in [2.24, 2.45) is 11.3 Å². The number of halogens is 4. The molecule has 35 heavy (non-hydrogen) atoms. The van der Waals surface area contributed by atoms with Crippen molar-refractivity contribution in [2.45, 2.75) is 38.3 Å². The minimum absolute atomic E-state index is 0.0965. The Morgan fingerprint density at radius 2 is 1.94 bits per heavy atom. The monoisotopic (exact) mass is 509 g/mol. The van der Waals surface area contributed by atoms with E-state index in [-0.39, 0.29) is 41.1 Å². The van der Waals surface area contributed by atoms with Crippen LogP contribution in [0.3, 0.4) is 0 Å². The fourth-order valence-electron chi connectivity index (χ4n) is 5.29. The number of alkyl halides is 3. The number of hydrogen-bond acceptors (Lipinski definition) is 7. The smallest absolute Gasteiger partial charge is 0.355 e. The number of nitrogens with zero attached hydrogens (tertiary/aromatic N) is 5. The van der Waals surface area contributed by atoms with E-state index in [4.69, 9.17) is 11.6 Å². The van der Waals surface area contributed by atoms with E-state index in [1.165, 1.54) is 6.20 Å². The van der Waals surface area contributed by atoms with Crippen molar-refractivity contribution in [3.8, 4) is 0 Å². The molecule has 3 aliphatic heterocycles. The topological polar surface area (TPSA) is 86.3 Å². The summed E-state index contributed by atoms with van der Waals surface area (Å²) in [5, 5.41) is 6.57. The van der Waals surface area contributed by atoms with Crippen LogP contribution in [0.15, 0.2) is 24.7 Å². The first-order valence-electron chi connectivity index (χ1n) is 11.8. The average Bonchev–Trinajstić information content (AvgIpc) is 3.15. The Kier molecular flexibility index (Phi) is 6.47. The largest absolute Gasteiger partial charge is 0.393 e. The lowest BCUT2D eigenvalue weighted by Gasteiger charge is -2.34. The number of anilines is 4. The molecule has 1 atom stereocenters. The number of amides is 1. The van der Waals surface area contributed by atoms with E-state index >= 15 is 0 Å². The van der Waals surface area contributed by atoms with Crippen molar-refractivity contribution < 1.29 is 18.0 Å². The summed E-state index contributed by atoms with van der Waals surface area (Å²) < 4.78 is 39.8. The third kappa shape index (κ3) is 4.88. The Morgan fingerprint density at radius 1 is 1.14 bits per heavy atom. The molecule has 3 fully saturated rings. The summed E-state index contributed by atoms with van der Waals surface area (Å²) in [6.45, 7) is 2.58. The van der Waals surface area contributed by atoms with Crippen LogP contribution in [-0.2, 0) is 4.79 Å². The number of carbonyl (C=O) groups excluding carboxylic acids is 1. The highest BCUT2D eigenvalue weighted by atomic mass is 35.5. The van der Waals surface area contributed by atoms with Crippen molar-refractivity contribution in [1.29, 1.82) is 0 Å². The summed E-state index contributed by atoms with van der Waals surface area (Å²) in [7, 11) is 0. The van der Waals surface area contributed by atoms with Gasteiger partial charge in [-0.25, -0.2) is 4.98 Å². The molecule has 0 aromatic carbocycles. The molecule has 8 nitrogen and oxygen atoms in total. The van der Waals surface area contributed by atoms with Crippen LogP contribution in [0, 0.1) is 11.3 Å². The van der Waals surface area contributed by atoms with Gasteiger partial charge in [-0.05, 0) is 51.3 Å². The summed E-state index contributed by atoms with van der Waals surface area (Å²) in [4.78, 5) is 29.4. The molecule has 2 aromatic rings. The molecule has 1 spiro atoms. The van der Waals surface area contributed by atoms with Gasteiger partial charge in [0.25, 0.3) is 0 Å². The molecule has 3 saturated heterocycles. The van der Waals surface area contributed by atoms with E-state index in [1.807, 2.05) is 6.07 Å². The van der Waals surface area contributed by atoms with Crippen LogP contribution in [0.1, 0.15) is 32.1 Å². The fourth-order valence-corrected chi connectivity index (χ4v) is 5.50. The van der Waals surface area contributed by atoms with Crippen molar-refractivity contribution in [2.75, 3.05) is 47.8 Å². The number of nitrogens with one attached hydrogen (secondary N) is 2. The molecule has 0 saturated carbocycles. The van der Waals surface area contributed by atoms with Crippen LogP contribution >= 0.6 is 11.6 Å². The summed E-state index contributed by atoms with van der Waals surface area (Å²) in [6, 6.07) is 1.81. The molecule has 188 valence electrons. The zero-order valence-corrected chi connectivity index (χ0v) is 19.9. The zero-order chi connectivity index (χ0) is 24.6. The SMILES string of the molecule is O=C1N(c2cncc(Nc3ncc(Cl)c(N4CCC[C@H](C(F)(F)F)C4)n3)c2)CCC12CCNCC2. The molecule has 12 heteroatoms. The van der Waals surface area contributed by atoms with Crippen LogP contribution in [0.4, 0.5) is 36.3 Å². The Balaban J connectivity index is 1.32. The lowest BCUT2D eigenvalue weighted by atomic mass is 9.78. The minimum atomic E-state index is -4.26. The first kappa shape index (κ1) is 24.1. The second kappa shape index (κ2) is 9.42. The maximum atomic E-state index is 13.3. The minimum Gasteiger partial charge on any atom is -0.355 e. The van der Waals surface area contributed by atoms with E-state index < -0.39 is 12.1 Å². The van der Waals surface area contributed by atoms with Crippen LogP contribution in [-0.4, -0.2) is 59.8 Å². The molecule has 0 aliphatic carbocycles. The van der Waals surface area contributed by atoms with Crippen molar-refractivity contribution in [3.63, 3.8) is 0 Å². The van der Waals surface area contributed by atoms with Gasteiger partial charge in [0.2, 0.25) is 11.9 Å². The van der Waals surface area contributed by atoms with Crippen LogP contribution in [0.2, 0.25) is 5.02 Å². The second-order valence-electron chi connectivity index (χ2n) is 9.49. The summed E-state index contributed by atoms with van der Waals surface area (Å²) in [5.41, 5.74) is 0.960. The Morgan fingerprint density at radius 3 is 2.71 bits per heavy atom. The van der Waals surface area contributed by atoms with Gasteiger partial charge < -0.3 is 20.4 Å². The number of rotatable bonds is 4. The molecule has 0 radical (unpaired) electrons. The van der Waals surface area contributed by atoms with Crippen molar-refractivity contribution in [3.05, 3.63) is 29.7 Å². The van der Waals surface area contributed by atoms with Gasteiger partial charge in [-0.15, -0.1) is 0 Å². The van der Waals surface area contributed by atoms with E-state index in [0.29, 0.717) is 30.9 Å². The normalized spacial score (nSPS) is 22.6. The van der Waals surface area contributed by atoms with E-state index in [1.54, 1.807) is 22.2 Å². The first-order valence-corrected chi connectivity index (χ1v) is 12.2. The van der Waals surface area contributed by atoms with Gasteiger partial charge in [-0.3, -0.25) is 9.78 Å². The second-order valence-corrected chi connectivity index (χ2v) is 9.89. The summed E-state index contributed by atoms with van der Waals surface area (Å²) >= 11 is 6.26. The molecule has 0 unspecified atom stereocenters. The third-order valence-electron chi connectivity index (χ3n) is 7.27. The van der Waals surface area contributed by atoms with E-state index in [2.05, 4.69) is 25.6 Å². The molecule has 2 aromatic heterocycles. The highest BCUT2D eigenvalue weighted by Gasteiger charge is 2.47. The van der Waals surface area contributed by atoms with Gasteiger partial charge in [0, 0.05) is 19.6 Å². The van der Waals surface area contributed by atoms with Gasteiger partial charge in [0.15, 0.2) is 5.82 Å². The van der Waals surface area contributed by atoms with Crippen molar-refractivity contribution in [1.82, 2.24) is 20.3 Å². The average molecular weight is 510 g/mol. The highest BCUT2D eigenvalue weighted by Crippen LogP contribution is 2.42. The lowest BCUT2D eigenvalue weighted by molar-refractivity contribution is -0.176. The van der Waals surface area contributed by atoms with Gasteiger partial charge in [-0.2, -0.15) is 18.2 Å². The number of aromatic nitrogens is 3. The number of pyridine rings is 1. The molecular weight excluding hydrogens is 483 g/mol. The van der Waals surface area contributed by atoms with Gasteiger partial charge in [-0.1, -0.05) is 11.6 Å².